The predicted molar refractivity (Wildman–Crippen MR) is 89.2 cm³/mol. The number of aromatic nitrogens is 2. The first-order valence-corrected chi connectivity index (χ1v) is 8.63. The summed E-state index contributed by atoms with van der Waals surface area (Å²) in [6, 6.07) is 2.37. The van der Waals surface area contributed by atoms with E-state index in [4.69, 9.17) is 0 Å². The van der Waals surface area contributed by atoms with E-state index in [1.807, 2.05) is 6.07 Å². The number of nitrogens with one attached hydrogen (secondary N) is 1. The first-order valence-electron chi connectivity index (χ1n) is 8.63. The van der Waals surface area contributed by atoms with Crippen LogP contribution in [-0.2, 0) is 0 Å². The van der Waals surface area contributed by atoms with E-state index in [-0.39, 0.29) is 5.91 Å². The van der Waals surface area contributed by atoms with Crippen molar-refractivity contribution in [2.75, 3.05) is 18.0 Å². The number of amides is 1. The number of anilines is 1. The van der Waals surface area contributed by atoms with Gasteiger partial charge < -0.3 is 10.2 Å². The maximum atomic E-state index is 12.2. The molecule has 1 fully saturated rings. The van der Waals surface area contributed by atoms with E-state index in [0.29, 0.717) is 18.3 Å². The fourth-order valence-electron chi connectivity index (χ4n) is 3.02. The van der Waals surface area contributed by atoms with Crippen LogP contribution in [0.25, 0.3) is 0 Å². The highest BCUT2D eigenvalue weighted by molar-refractivity contribution is 5.92. The van der Waals surface area contributed by atoms with Gasteiger partial charge in [-0.15, -0.1) is 0 Å². The average Bonchev–Trinajstić information content (AvgIpc) is 2.58. The third kappa shape index (κ3) is 4.42. The number of piperidine rings is 1. The van der Waals surface area contributed by atoms with Gasteiger partial charge in [0.05, 0.1) is 0 Å². The lowest BCUT2D eigenvalue weighted by molar-refractivity contribution is 0.0948. The number of carbonyl (C=O) groups is 1. The van der Waals surface area contributed by atoms with Crippen molar-refractivity contribution in [2.45, 2.75) is 64.8 Å². The summed E-state index contributed by atoms with van der Waals surface area (Å²) >= 11 is 0. The van der Waals surface area contributed by atoms with Gasteiger partial charge in [0, 0.05) is 25.2 Å². The van der Waals surface area contributed by atoms with Crippen molar-refractivity contribution in [3.63, 3.8) is 0 Å². The number of rotatable bonds is 7. The molecule has 1 aliphatic rings. The van der Waals surface area contributed by atoms with Crippen molar-refractivity contribution in [1.82, 2.24) is 15.3 Å². The summed E-state index contributed by atoms with van der Waals surface area (Å²) < 4.78 is 0. The molecule has 1 aromatic heterocycles. The zero-order chi connectivity index (χ0) is 15.8. The molecule has 0 spiro atoms. The molecule has 2 heterocycles. The van der Waals surface area contributed by atoms with Crippen LogP contribution in [0.1, 0.15) is 69.3 Å². The summed E-state index contributed by atoms with van der Waals surface area (Å²) in [6.07, 6.45) is 9.62. The minimum Gasteiger partial charge on any atom is -0.354 e. The Balaban J connectivity index is 2.01. The fourth-order valence-corrected chi connectivity index (χ4v) is 3.02. The highest BCUT2D eigenvalue weighted by Gasteiger charge is 2.22. The van der Waals surface area contributed by atoms with E-state index < -0.39 is 0 Å². The van der Waals surface area contributed by atoms with Crippen LogP contribution in [0.4, 0.5) is 5.82 Å². The van der Waals surface area contributed by atoms with Crippen LogP contribution in [0.15, 0.2) is 12.4 Å². The number of hydrogen-bond acceptors (Lipinski definition) is 4. The monoisotopic (exact) mass is 304 g/mol. The zero-order valence-electron chi connectivity index (χ0n) is 13.8. The molecule has 1 aliphatic heterocycles. The van der Waals surface area contributed by atoms with Crippen LogP contribution in [-0.4, -0.2) is 35.0 Å². The molecule has 0 aliphatic carbocycles. The van der Waals surface area contributed by atoms with Gasteiger partial charge in [0.25, 0.3) is 5.91 Å². The Labute approximate surface area is 133 Å². The van der Waals surface area contributed by atoms with Crippen molar-refractivity contribution in [1.29, 1.82) is 0 Å². The summed E-state index contributed by atoms with van der Waals surface area (Å²) in [5.74, 6) is 0.796. The number of unbranched alkanes of at least 4 members (excludes halogenated alkanes) is 2. The highest BCUT2D eigenvalue weighted by atomic mass is 16.1. The standard InChI is InChI=1S/C17H28N4O/c1-3-5-7-10-18-17(22)15-12-16(20-13-19-15)21-11-8-6-9-14(21)4-2/h12-14H,3-11H2,1-2H3,(H,18,22). The van der Waals surface area contributed by atoms with Crippen LogP contribution in [0.3, 0.4) is 0 Å². The molecule has 22 heavy (non-hydrogen) atoms. The summed E-state index contributed by atoms with van der Waals surface area (Å²) in [7, 11) is 0. The fraction of sp³-hybridized carbons (Fsp3) is 0.706. The minimum absolute atomic E-state index is 0.0928. The Hall–Kier alpha value is -1.65. The van der Waals surface area contributed by atoms with Crippen LogP contribution in [0, 0.1) is 0 Å². The summed E-state index contributed by atoms with van der Waals surface area (Å²) in [5.41, 5.74) is 0.474. The molecule has 2 rings (SSSR count). The SMILES string of the molecule is CCCCCNC(=O)c1cc(N2CCCCC2CC)ncn1. The molecular weight excluding hydrogens is 276 g/mol. The first-order chi connectivity index (χ1) is 10.8. The largest absolute Gasteiger partial charge is 0.354 e. The van der Waals surface area contributed by atoms with Gasteiger partial charge in [-0.3, -0.25) is 4.79 Å². The molecule has 0 saturated carbocycles. The Bertz CT molecular complexity index is 477. The van der Waals surface area contributed by atoms with Gasteiger partial charge in [-0.25, -0.2) is 9.97 Å². The second-order valence-corrected chi connectivity index (χ2v) is 5.98. The smallest absolute Gasteiger partial charge is 0.270 e. The second kappa shape index (κ2) is 8.71. The quantitative estimate of drug-likeness (QED) is 0.786. The Morgan fingerprint density at radius 3 is 2.95 bits per heavy atom. The Morgan fingerprint density at radius 1 is 1.32 bits per heavy atom. The van der Waals surface area contributed by atoms with Crippen LogP contribution >= 0.6 is 0 Å². The van der Waals surface area contributed by atoms with Gasteiger partial charge in [-0.2, -0.15) is 0 Å². The van der Waals surface area contributed by atoms with Gasteiger partial charge >= 0.3 is 0 Å². The van der Waals surface area contributed by atoms with Crippen molar-refractivity contribution in [2.24, 2.45) is 0 Å². The Morgan fingerprint density at radius 2 is 2.18 bits per heavy atom. The summed E-state index contributed by atoms with van der Waals surface area (Å²) in [5, 5.41) is 2.94. The normalized spacial score (nSPS) is 18.3. The molecule has 5 heteroatoms. The zero-order valence-corrected chi connectivity index (χ0v) is 13.8. The van der Waals surface area contributed by atoms with Crippen LogP contribution < -0.4 is 10.2 Å². The van der Waals surface area contributed by atoms with Gasteiger partial charge in [-0.1, -0.05) is 26.7 Å². The van der Waals surface area contributed by atoms with Gasteiger partial charge in [0.15, 0.2) is 0 Å². The third-order valence-corrected chi connectivity index (χ3v) is 4.34. The molecule has 1 amide bonds. The predicted octanol–water partition coefficient (Wildman–Crippen LogP) is 3.17. The molecule has 1 atom stereocenters. The first kappa shape index (κ1) is 16.7. The number of carbonyl (C=O) groups excluding carboxylic acids is 1. The average molecular weight is 304 g/mol. The maximum absolute atomic E-state index is 12.2. The van der Waals surface area contributed by atoms with Crippen LogP contribution in [0.5, 0.6) is 0 Å². The van der Waals surface area contributed by atoms with E-state index in [0.717, 1.165) is 38.0 Å². The lowest BCUT2D eigenvalue weighted by atomic mass is 10.00. The van der Waals surface area contributed by atoms with Crippen molar-refractivity contribution in [3.05, 3.63) is 18.1 Å². The van der Waals surface area contributed by atoms with E-state index in [9.17, 15) is 4.79 Å². The topological polar surface area (TPSA) is 58.1 Å². The summed E-state index contributed by atoms with van der Waals surface area (Å²) in [4.78, 5) is 23.0. The molecular formula is C17H28N4O. The maximum Gasteiger partial charge on any atom is 0.270 e. The molecule has 1 N–H and O–H groups in total. The van der Waals surface area contributed by atoms with E-state index in [1.54, 1.807) is 0 Å². The third-order valence-electron chi connectivity index (χ3n) is 4.34. The molecule has 0 bridgehead atoms. The Kier molecular flexibility index (Phi) is 6.62. The van der Waals surface area contributed by atoms with Gasteiger partial charge in [-0.05, 0) is 32.1 Å². The molecule has 0 aromatic carbocycles. The molecule has 5 nitrogen and oxygen atoms in total. The lowest BCUT2D eigenvalue weighted by Crippen LogP contribution is -2.40. The van der Waals surface area contributed by atoms with Gasteiger partial charge in [0.2, 0.25) is 0 Å². The minimum atomic E-state index is -0.0928. The van der Waals surface area contributed by atoms with Crippen LogP contribution in [0.2, 0.25) is 0 Å². The molecule has 1 unspecified atom stereocenters. The van der Waals surface area contributed by atoms with Crippen molar-refractivity contribution >= 4 is 11.7 Å². The molecule has 0 radical (unpaired) electrons. The summed E-state index contributed by atoms with van der Waals surface area (Å²) in [6.45, 7) is 6.10. The molecule has 1 saturated heterocycles. The number of hydrogen-bond donors (Lipinski definition) is 1. The second-order valence-electron chi connectivity index (χ2n) is 5.98. The highest BCUT2D eigenvalue weighted by Crippen LogP contribution is 2.24. The molecule has 1 aromatic rings. The van der Waals surface area contributed by atoms with E-state index >= 15 is 0 Å². The number of nitrogens with zero attached hydrogens (tertiary/aromatic N) is 3. The van der Waals surface area contributed by atoms with Crippen molar-refractivity contribution in [3.8, 4) is 0 Å². The lowest BCUT2D eigenvalue weighted by Gasteiger charge is -2.36. The van der Waals surface area contributed by atoms with E-state index in [1.165, 1.54) is 25.6 Å². The van der Waals surface area contributed by atoms with E-state index in [2.05, 4.69) is 34.0 Å². The van der Waals surface area contributed by atoms with Gasteiger partial charge in [0.1, 0.15) is 17.8 Å². The van der Waals surface area contributed by atoms with Crippen molar-refractivity contribution < 1.29 is 4.79 Å². The molecule has 122 valence electrons.